The van der Waals surface area contributed by atoms with Crippen molar-refractivity contribution in [2.45, 2.75) is 26.2 Å². The van der Waals surface area contributed by atoms with Crippen LogP contribution in [0.2, 0.25) is 0 Å². The van der Waals surface area contributed by atoms with Crippen LogP contribution >= 0.6 is 24.0 Å². The van der Waals surface area contributed by atoms with Gasteiger partial charge in [-0.15, -0.1) is 24.0 Å². The maximum Gasteiger partial charge on any atom is 0.203 e. The van der Waals surface area contributed by atoms with Crippen molar-refractivity contribution in [3.63, 3.8) is 0 Å². The Hall–Kier alpha value is -2.16. The highest BCUT2D eigenvalue weighted by Gasteiger charge is 2.15. The van der Waals surface area contributed by atoms with E-state index >= 15 is 0 Å². The summed E-state index contributed by atoms with van der Waals surface area (Å²) in [6.45, 7) is 6.51. The Bertz CT molecular complexity index is 785. The van der Waals surface area contributed by atoms with Crippen LogP contribution in [0.3, 0.4) is 0 Å². The summed E-state index contributed by atoms with van der Waals surface area (Å²) in [7, 11) is 4.88. The fourth-order valence-corrected chi connectivity index (χ4v) is 3.13. The van der Waals surface area contributed by atoms with Gasteiger partial charge in [0.05, 0.1) is 21.3 Å². The predicted octanol–water partition coefficient (Wildman–Crippen LogP) is 4.23. The normalized spacial score (nSPS) is 11.8. The van der Waals surface area contributed by atoms with E-state index in [1.807, 2.05) is 18.2 Å². The van der Waals surface area contributed by atoms with Gasteiger partial charge in [-0.2, -0.15) is 0 Å². The van der Waals surface area contributed by atoms with Crippen LogP contribution in [0.1, 0.15) is 30.9 Å². The summed E-state index contributed by atoms with van der Waals surface area (Å²) in [4.78, 5) is 4.74. The molecule has 2 N–H and O–H groups in total. The minimum absolute atomic E-state index is 0. The van der Waals surface area contributed by atoms with E-state index in [0.717, 1.165) is 37.6 Å². The highest BCUT2D eigenvalue weighted by Crippen LogP contribution is 2.39. The van der Waals surface area contributed by atoms with E-state index in [-0.39, 0.29) is 24.0 Å². The summed E-state index contributed by atoms with van der Waals surface area (Å²) in [5.74, 6) is 3.15. The van der Waals surface area contributed by atoms with E-state index < -0.39 is 0 Å². The largest absolute Gasteiger partial charge is 0.493 e. The molecule has 0 saturated heterocycles. The zero-order valence-corrected chi connectivity index (χ0v) is 20.9. The molecule has 0 aliphatic rings. The number of hydrogen-bond donors (Lipinski definition) is 2. The average molecular weight is 527 g/mol. The van der Waals surface area contributed by atoms with Crippen LogP contribution in [0.15, 0.2) is 47.5 Å². The molecule has 0 aliphatic carbocycles. The zero-order valence-electron chi connectivity index (χ0n) is 18.5. The van der Waals surface area contributed by atoms with E-state index in [2.05, 4.69) is 48.7 Å². The Morgan fingerprint density at radius 3 is 2.23 bits per heavy atom. The van der Waals surface area contributed by atoms with E-state index in [9.17, 15) is 0 Å². The third kappa shape index (κ3) is 7.27. The highest BCUT2D eigenvalue weighted by atomic mass is 127. The number of rotatable bonds is 10. The van der Waals surface area contributed by atoms with Gasteiger partial charge < -0.3 is 24.8 Å². The molecule has 0 radical (unpaired) electrons. The van der Waals surface area contributed by atoms with E-state index in [4.69, 9.17) is 19.2 Å². The molecule has 2 rings (SSSR count). The van der Waals surface area contributed by atoms with Crippen molar-refractivity contribution in [3.8, 4) is 17.2 Å². The van der Waals surface area contributed by atoms with E-state index in [0.29, 0.717) is 23.2 Å². The van der Waals surface area contributed by atoms with Crippen LogP contribution < -0.4 is 24.8 Å². The molecule has 2 aromatic carbocycles. The van der Waals surface area contributed by atoms with Crippen molar-refractivity contribution in [3.05, 3.63) is 53.6 Å². The summed E-state index contributed by atoms with van der Waals surface area (Å²) < 4.78 is 16.4. The second-order valence-electron chi connectivity index (χ2n) is 6.70. The van der Waals surface area contributed by atoms with Gasteiger partial charge in [-0.05, 0) is 25.0 Å². The molecule has 6 nitrogen and oxygen atoms in total. The van der Waals surface area contributed by atoms with Crippen molar-refractivity contribution >= 4 is 29.9 Å². The summed E-state index contributed by atoms with van der Waals surface area (Å²) in [5, 5.41) is 6.71. The monoisotopic (exact) mass is 527 g/mol. The number of nitrogens with zero attached hydrogens (tertiary/aromatic N) is 1. The van der Waals surface area contributed by atoms with Crippen molar-refractivity contribution in [2.24, 2.45) is 4.99 Å². The average Bonchev–Trinajstić information content (AvgIpc) is 2.77. The first-order valence-electron chi connectivity index (χ1n) is 9.99. The second kappa shape index (κ2) is 14.0. The number of benzene rings is 2. The molecule has 0 bridgehead atoms. The number of aliphatic imine (C=N–C) groups is 1. The Morgan fingerprint density at radius 1 is 0.933 bits per heavy atom. The van der Waals surface area contributed by atoms with Gasteiger partial charge >= 0.3 is 0 Å². The van der Waals surface area contributed by atoms with Gasteiger partial charge in [0.15, 0.2) is 17.5 Å². The first-order valence-corrected chi connectivity index (χ1v) is 9.99. The molecule has 7 heteroatoms. The second-order valence-corrected chi connectivity index (χ2v) is 6.70. The Morgan fingerprint density at radius 2 is 1.63 bits per heavy atom. The van der Waals surface area contributed by atoms with E-state index in [1.165, 1.54) is 5.56 Å². The number of guanidine groups is 1. The third-order valence-corrected chi connectivity index (χ3v) is 4.71. The first-order chi connectivity index (χ1) is 14.1. The topological polar surface area (TPSA) is 64.1 Å². The zero-order chi connectivity index (χ0) is 21.1. The lowest BCUT2D eigenvalue weighted by atomic mass is 10.0. The summed E-state index contributed by atoms with van der Waals surface area (Å²) in [6.07, 6.45) is 0.766. The summed E-state index contributed by atoms with van der Waals surface area (Å²) >= 11 is 0. The maximum atomic E-state index is 5.56. The molecule has 0 heterocycles. The van der Waals surface area contributed by atoms with Crippen molar-refractivity contribution < 1.29 is 14.2 Å². The standard InChI is InChI=1S/C23H33N3O3.HI/c1-6-24-23(26-16-17(2)18-10-8-7-9-11-18)25-15-14-19-12-13-20(27-3)22(29-5)21(19)28-4;/h7-13,17H,6,14-16H2,1-5H3,(H2,24,25,26);1H. The molecule has 0 saturated carbocycles. The van der Waals surface area contributed by atoms with Gasteiger partial charge in [-0.1, -0.05) is 43.3 Å². The fourth-order valence-electron chi connectivity index (χ4n) is 3.13. The summed E-state index contributed by atoms with van der Waals surface area (Å²) in [6, 6.07) is 14.4. The molecule has 0 spiro atoms. The number of nitrogens with one attached hydrogen (secondary N) is 2. The minimum Gasteiger partial charge on any atom is -0.493 e. The number of methoxy groups -OCH3 is 3. The van der Waals surface area contributed by atoms with Crippen LogP contribution in [-0.2, 0) is 6.42 Å². The first kappa shape index (κ1) is 25.9. The molecular weight excluding hydrogens is 493 g/mol. The lowest BCUT2D eigenvalue weighted by molar-refractivity contribution is 0.322. The van der Waals surface area contributed by atoms with E-state index in [1.54, 1.807) is 21.3 Å². The molecule has 1 unspecified atom stereocenters. The number of ether oxygens (including phenoxy) is 3. The number of halogens is 1. The van der Waals surface area contributed by atoms with Crippen LogP contribution in [0, 0.1) is 0 Å². The van der Waals surface area contributed by atoms with Gasteiger partial charge in [0.1, 0.15) is 0 Å². The predicted molar refractivity (Wildman–Crippen MR) is 134 cm³/mol. The van der Waals surface area contributed by atoms with Crippen LogP contribution in [0.25, 0.3) is 0 Å². The number of hydrogen-bond acceptors (Lipinski definition) is 4. The lowest BCUT2D eigenvalue weighted by Gasteiger charge is -2.17. The van der Waals surface area contributed by atoms with Gasteiger partial charge in [0, 0.05) is 31.1 Å². The van der Waals surface area contributed by atoms with Crippen LogP contribution in [0.5, 0.6) is 17.2 Å². The van der Waals surface area contributed by atoms with Crippen LogP contribution in [0.4, 0.5) is 0 Å². The van der Waals surface area contributed by atoms with Crippen molar-refractivity contribution in [1.29, 1.82) is 0 Å². The molecular formula is C23H34IN3O3. The van der Waals surface area contributed by atoms with Crippen LogP contribution in [-0.4, -0.2) is 46.9 Å². The minimum atomic E-state index is 0. The highest BCUT2D eigenvalue weighted by molar-refractivity contribution is 14.0. The van der Waals surface area contributed by atoms with Gasteiger partial charge in [0.2, 0.25) is 5.75 Å². The Balaban J connectivity index is 0.00000450. The molecule has 0 fully saturated rings. The lowest BCUT2D eigenvalue weighted by Crippen LogP contribution is -2.38. The summed E-state index contributed by atoms with van der Waals surface area (Å²) in [5.41, 5.74) is 2.34. The molecule has 0 aliphatic heterocycles. The molecule has 166 valence electrons. The van der Waals surface area contributed by atoms with Crippen molar-refractivity contribution in [2.75, 3.05) is 41.0 Å². The smallest absolute Gasteiger partial charge is 0.203 e. The van der Waals surface area contributed by atoms with Gasteiger partial charge in [0.25, 0.3) is 0 Å². The SMILES string of the molecule is CCNC(=NCC(C)c1ccccc1)NCCc1ccc(OC)c(OC)c1OC.I. The molecule has 0 amide bonds. The molecule has 1 atom stereocenters. The van der Waals surface area contributed by atoms with Gasteiger partial charge in [-0.3, -0.25) is 4.99 Å². The Kier molecular flexibility index (Phi) is 12.0. The third-order valence-electron chi connectivity index (χ3n) is 4.71. The quantitative estimate of drug-likeness (QED) is 0.275. The van der Waals surface area contributed by atoms with Gasteiger partial charge in [-0.25, -0.2) is 0 Å². The fraction of sp³-hybridized carbons (Fsp3) is 0.435. The maximum absolute atomic E-state index is 5.56. The Labute approximate surface area is 197 Å². The van der Waals surface area contributed by atoms with Crippen molar-refractivity contribution in [1.82, 2.24) is 10.6 Å². The molecule has 2 aromatic rings. The molecule has 0 aromatic heterocycles. The molecule has 30 heavy (non-hydrogen) atoms.